The number of carbonyl (C=O) groups excluding carboxylic acids is 2. The number of imide groups is 1. The quantitative estimate of drug-likeness (QED) is 0.565. The number of carbonyl (C=O) groups is 2. The number of hydrogen-bond acceptors (Lipinski definition) is 3. The molecule has 0 aromatic heterocycles. The van der Waals surface area contributed by atoms with Gasteiger partial charge in [0.15, 0.2) is 0 Å². The molecule has 0 aliphatic heterocycles. The Balaban J connectivity index is 2.18. The predicted molar refractivity (Wildman–Crippen MR) is 48.0 cm³/mol. The summed E-state index contributed by atoms with van der Waals surface area (Å²) in [6, 6.07) is -0.800. The Morgan fingerprint density at radius 1 is 1.46 bits per heavy atom. The highest BCUT2D eigenvalue weighted by Gasteiger charge is 2.31. The fourth-order valence-electron chi connectivity index (χ4n) is 1.36. The van der Waals surface area contributed by atoms with Gasteiger partial charge in [-0.25, -0.2) is 4.79 Å². The second-order valence-corrected chi connectivity index (χ2v) is 3.68. The van der Waals surface area contributed by atoms with E-state index in [2.05, 4.69) is 12.2 Å². The number of rotatable bonds is 3. The van der Waals surface area contributed by atoms with Crippen LogP contribution in [0.15, 0.2) is 0 Å². The Labute approximate surface area is 77.1 Å². The molecule has 5 nitrogen and oxygen atoms in total. The van der Waals surface area contributed by atoms with Gasteiger partial charge in [-0.1, -0.05) is 0 Å². The maximum absolute atomic E-state index is 11.0. The molecular weight excluding hydrogens is 170 g/mol. The first-order valence-corrected chi connectivity index (χ1v) is 4.36. The topological polar surface area (TPSA) is 84.2 Å². The molecule has 1 saturated carbocycles. The maximum Gasteiger partial charge on any atom is 0.318 e. The summed E-state index contributed by atoms with van der Waals surface area (Å²) in [6.07, 6.45) is 3.36. The van der Waals surface area contributed by atoms with E-state index >= 15 is 0 Å². The Hall–Kier alpha value is -1.10. The Morgan fingerprint density at radius 2 is 2.08 bits per heavy atom. The Kier molecular flexibility index (Phi) is 2.87. The van der Waals surface area contributed by atoms with Crippen molar-refractivity contribution in [1.82, 2.24) is 10.6 Å². The third kappa shape index (κ3) is 3.02. The monoisotopic (exact) mass is 185 g/mol. The van der Waals surface area contributed by atoms with E-state index in [9.17, 15) is 9.59 Å². The fourth-order valence-corrected chi connectivity index (χ4v) is 1.36. The largest absolute Gasteiger partial charge is 0.351 e. The van der Waals surface area contributed by atoms with E-state index in [0.29, 0.717) is 0 Å². The molecule has 0 aromatic carbocycles. The standard InChI is InChI=1S/C8H15N3O2/c1-8(3-2-4-8)10-5-6(12)11-7(9)13/h10H,2-5H2,1H3,(H3,9,11,12,13). The van der Waals surface area contributed by atoms with E-state index in [1.165, 1.54) is 6.42 Å². The Morgan fingerprint density at radius 3 is 2.46 bits per heavy atom. The predicted octanol–water partition coefficient (Wildman–Crippen LogP) is -0.287. The zero-order chi connectivity index (χ0) is 9.90. The summed E-state index contributed by atoms with van der Waals surface area (Å²) in [7, 11) is 0. The summed E-state index contributed by atoms with van der Waals surface area (Å²) in [4.78, 5) is 21.2. The number of urea groups is 1. The van der Waals surface area contributed by atoms with Crippen LogP contribution in [0.1, 0.15) is 26.2 Å². The molecule has 0 aromatic rings. The maximum atomic E-state index is 11.0. The van der Waals surface area contributed by atoms with Crippen molar-refractivity contribution in [3.63, 3.8) is 0 Å². The summed E-state index contributed by atoms with van der Waals surface area (Å²) in [5.41, 5.74) is 4.86. The third-order valence-corrected chi connectivity index (χ3v) is 2.40. The van der Waals surface area contributed by atoms with Crippen LogP contribution in [0.3, 0.4) is 0 Å². The van der Waals surface area contributed by atoms with Gasteiger partial charge in [-0.3, -0.25) is 10.1 Å². The van der Waals surface area contributed by atoms with Gasteiger partial charge in [0.2, 0.25) is 5.91 Å². The first kappa shape index (κ1) is 9.98. The molecule has 3 amide bonds. The van der Waals surface area contributed by atoms with Crippen LogP contribution in [0.2, 0.25) is 0 Å². The lowest BCUT2D eigenvalue weighted by Gasteiger charge is -2.39. The summed E-state index contributed by atoms with van der Waals surface area (Å²) in [6.45, 7) is 2.22. The minimum absolute atomic E-state index is 0.0784. The zero-order valence-corrected chi connectivity index (χ0v) is 7.72. The van der Waals surface area contributed by atoms with Crippen LogP contribution in [0.25, 0.3) is 0 Å². The highest BCUT2D eigenvalue weighted by molar-refractivity contribution is 5.94. The van der Waals surface area contributed by atoms with Gasteiger partial charge in [-0.15, -0.1) is 0 Å². The fraction of sp³-hybridized carbons (Fsp3) is 0.750. The molecule has 5 heteroatoms. The van der Waals surface area contributed by atoms with Gasteiger partial charge >= 0.3 is 6.03 Å². The van der Waals surface area contributed by atoms with E-state index < -0.39 is 6.03 Å². The number of nitrogens with one attached hydrogen (secondary N) is 2. The van der Waals surface area contributed by atoms with E-state index in [1.54, 1.807) is 0 Å². The average Bonchev–Trinajstić information content (AvgIpc) is 1.96. The van der Waals surface area contributed by atoms with Gasteiger partial charge in [-0.2, -0.15) is 0 Å². The molecule has 1 fully saturated rings. The van der Waals surface area contributed by atoms with Gasteiger partial charge < -0.3 is 11.1 Å². The minimum atomic E-state index is -0.800. The number of primary amides is 1. The molecule has 0 saturated heterocycles. The van der Waals surface area contributed by atoms with E-state index in [0.717, 1.165) is 12.8 Å². The molecule has 0 bridgehead atoms. The van der Waals surface area contributed by atoms with Crippen LogP contribution in [-0.2, 0) is 4.79 Å². The molecular formula is C8H15N3O2. The first-order valence-electron chi connectivity index (χ1n) is 4.36. The van der Waals surface area contributed by atoms with Gasteiger partial charge in [0.25, 0.3) is 0 Å². The number of hydrogen-bond donors (Lipinski definition) is 3. The van der Waals surface area contributed by atoms with Crippen molar-refractivity contribution in [3.05, 3.63) is 0 Å². The van der Waals surface area contributed by atoms with Gasteiger partial charge in [0.05, 0.1) is 6.54 Å². The molecule has 1 aliphatic carbocycles. The SMILES string of the molecule is CC1(NCC(=O)NC(N)=O)CCC1. The van der Waals surface area contributed by atoms with Crippen molar-refractivity contribution in [2.45, 2.75) is 31.7 Å². The summed E-state index contributed by atoms with van der Waals surface area (Å²) in [5.74, 6) is -0.374. The van der Waals surface area contributed by atoms with Crippen molar-refractivity contribution >= 4 is 11.9 Å². The third-order valence-electron chi connectivity index (χ3n) is 2.40. The van der Waals surface area contributed by atoms with Crippen LogP contribution in [-0.4, -0.2) is 24.0 Å². The summed E-state index contributed by atoms with van der Waals surface area (Å²) < 4.78 is 0. The molecule has 0 atom stereocenters. The second kappa shape index (κ2) is 3.74. The normalized spacial score (nSPS) is 18.8. The lowest BCUT2D eigenvalue weighted by Crippen LogP contribution is -2.52. The van der Waals surface area contributed by atoms with Crippen molar-refractivity contribution in [3.8, 4) is 0 Å². The van der Waals surface area contributed by atoms with Gasteiger partial charge in [-0.05, 0) is 26.2 Å². The van der Waals surface area contributed by atoms with Crippen molar-refractivity contribution in [2.75, 3.05) is 6.54 Å². The van der Waals surface area contributed by atoms with Crippen molar-refractivity contribution in [2.24, 2.45) is 5.73 Å². The van der Waals surface area contributed by atoms with E-state index in [4.69, 9.17) is 5.73 Å². The molecule has 0 heterocycles. The van der Waals surface area contributed by atoms with Crippen molar-refractivity contribution in [1.29, 1.82) is 0 Å². The van der Waals surface area contributed by atoms with Crippen LogP contribution < -0.4 is 16.4 Å². The Bertz CT molecular complexity index is 223. The molecule has 1 aliphatic rings. The van der Waals surface area contributed by atoms with Crippen LogP contribution >= 0.6 is 0 Å². The molecule has 0 radical (unpaired) electrons. The minimum Gasteiger partial charge on any atom is -0.351 e. The summed E-state index contributed by atoms with van der Waals surface area (Å²) in [5, 5.41) is 5.08. The average molecular weight is 185 g/mol. The molecule has 0 spiro atoms. The number of amides is 3. The molecule has 1 rings (SSSR count). The molecule has 4 N–H and O–H groups in total. The van der Waals surface area contributed by atoms with Gasteiger partial charge in [0.1, 0.15) is 0 Å². The van der Waals surface area contributed by atoms with Crippen LogP contribution in [0.4, 0.5) is 4.79 Å². The lowest BCUT2D eigenvalue weighted by molar-refractivity contribution is -0.119. The molecule has 13 heavy (non-hydrogen) atoms. The molecule has 0 unspecified atom stereocenters. The second-order valence-electron chi connectivity index (χ2n) is 3.68. The van der Waals surface area contributed by atoms with Crippen LogP contribution in [0, 0.1) is 0 Å². The summed E-state index contributed by atoms with van der Waals surface area (Å²) >= 11 is 0. The van der Waals surface area contributed by atoms with Crippen molar-refractivity contribution < 1.29 is 9.59 Å². The highest BCUT2D eigenvalue weighted by atomic mass is 16.2. The zero-order valence-electron chi connectivity index (χ0n) is 7.72. The molecule has 74 valence electrons. The smallest absolute Gasteiger partial charge is 0.318 e. The first-order chi connectivity index (χ1) is 6.02. The number of nitrogens with two attached hydrogens (primary N) is 1. The van der Waals surface area contributed by atoms with E-state index in [-0.39, 0.29) is 18.0 Å². The van der Waals surface area contributed by atoms with E-state index in [1.807, 2.05) is 5.32 Å². The lowest BCUT2D eigenvalue weighted by atomic mass is 9.78. The highest BCUT2D eigenvalue weighted by Crippen LogP contribution is 2.30. The van der Waals surface area contributed by atoms with Gasteiger partial charge in [0, 0.05) is 5.54 Å². The van der Waals surface area contributed by atoms with Crippen LogP contribution in [0.5, 0.6) is 0 Å².